The van der Waals surface area contributed by atoms with Gasteiger partial charge in [0.05, 0.1) is 18.8 Å². The molecule has 1 aromatic heterocycles. The molecule has 0 radical (unpaired) electrons. The first kappa shape index (κ1) is 18.8. The van der Waals surface area contributed by atoms with Crippen molar-refractivity contribution in [1.82, 2.24) is 25.3 Å². The highest BCUT2D eigenvalue weighted by atomic mass is 16.2. The number of amides is 1. The van der Waals surface area contributed by atoms with E-state index in [9.17, 15) is 4.79 Å². The maximum Gasteiger partial charge on any atom is 0.242 e. The van der Waals surface area contributed by atoms with Gasteiger partial charge in [-0.15, -0.1) is 0 Å². The number of carbonyl (C=O) groups is 1. The van der Waals surface area contributed by atoms with Crippen molar-refractivity contribution in [2.45, 2.75) is 6.54 Å². The number of hydrogen-bond acceptors (Lipinski definition) is 4. The largest absolute Gasteiger partial charge is 0.368 e. The molecule has 1 aliphatic heterocycles. The lowest BCUT2D eigenvalue weighted by Crippen LogP contribution is -2.52. The van der Waals surface area contributed by atoms with Crippen LogP contribution in [-0.4, -0.2) is 66.3 Å². The first-order valence-electron chi connectivity index (χ1n) is 9.16. The third kappa shape index (κ3) is 4.99. The van der Waals surface area contributed by atoms with Gasteiger partial charge in [0.25, 0.3) is 0 Å². The minimum atomic E-state index is 0.0891. The maximum atomic E-state index is 12.5. The summed E-state index contributed by atoms with van der Waals surface area (Å²) in [5.74, 6) is 0.693. The molecule has 2 N–H and O–H groups in total. The molecular formula is C19H27N7O. The molecule has 1 fully saturated rings. The minimum Gasteiger partial charge on any atom is -0.368 e. The van der Waals surface area contributed by atoms with Crippen molar-refractivity contribution in [2.75, 3.05) is 44.7 Å². The highest BCUT2D eigenvalue weighted by Crippen LogP contribution is 2.15. The molecule has 1 aromatic carbocycles. The fraction of sp³-hybridized carbons (Fsp3) is 0.421. The van der Waals surface area contributed by atoms with E-state index >= 15 is 0 Å². The van der Waals surface area contributed by atoms with Crippen LogP contribution in [0.4, 0.5) is 5.69 Å². The van der Waals surface area contributed by atoms with Crippen LogP contribution in [-0.2, 0) is 18.4 Å². The Kier molecular flexibility index (Phi) is 6.30. The van der Waals surface area contributed by atoms with Gasteiger partial charge in [-0.2, -0.15) is 5.10 Å². The van der Waals surface area contributed by atoms with Gasteiger partial charge >= 0.3 is 0 Å². The van der Waals surface area contributed by atoms with Gasteiger partial charge in [-0.3, -0.25) is 14.5 Å². The Labute approximate surface area is 159 Å². The van der Waals surface area contributed by atoms with Gasteiger partial charge in [-0.25, -0.2) is 0 Å². The highest BCUT2D eigenvalue weighted by molar-refractivity contribution is 5.86. The van der Waals surface area contributed by atoms with E-state index < -0.39 is 0 Å². The van der Waals surface area contributed by atoms with Gasteiger partial charge in [0, 0.05) is 52.2 Å². The van der Waals surface area contributed by atoms with Crippen molar-refractivity contribution in [3.63, 3.8) is 0 Å². The molecule has 0 saturated carbocycles. The molecule has 1 amide bonds. The summed E-state index contributed by atoms with van der Waals surface area (Å²) in [4.78, 5) is 20.9. The lowest BCUT2D eigenvalue weighted by atomic mass is 10.2. The molecule has 2 aromatic rings. The Morgan fingerprint density at radius 3 is 2.48 bits per heavy atom. The van der Waals surface area contributed by atoms with Crippen LogP contribution in [0.5, 0.6) is 0 Å². The lowest BCUT2D eigenvalue weighted by Gasteiger charge is -2.36. The molecule has 0 atom stereocenters. The van der Waals surface area contributed by atoms with Crippen LogP contribution in [0, 0.1) is 0 Å². The number of para-hydroxylation sites is 1. The lowest BCUT2D eigenvalue weighted by molar-refractivity contribution is -0.130. The number of guanidine groups is 1. The molecule has 8 heteroatoms. The van der Waals surface area contributed by atoms with Crippen LogP contribution in [0.15, 0.2) is 47.6 Å². The van der Waals surface area contributed by atoms with Gasteiger partial charge in [-0.05, 0) is 18.2 Å². The zero-order valence-corrected chi connectivity index (χ0v) is 15.9. The van der Waals surface area contributed by atoms with Crippen molar-refractivity contribution >= 4 is 17.6 Å². The van der Waals surface area contributed by atoms with E-state index in [-0.39, 0.29) is 12.5 Å². The summed E-state index contributed by atoms with van der Waals surface area (Å²) in [5.41, 5.74) is 2.25. The number of hydrogen-bond donors (Lipinski definition) is 2. The van der Waals surface area contributed by atoms with Crippen LogP contribution < -0.4 is 15.5 Å². The molecule has 1 saturated heterocycles. The zero-order chi connectivity index (χ0) is 19.1. The summed E-state index contributed by atoms with van der Waals surface area (Å²) in [5, 5.41) is 10.4. The number of carbonyl (C=O) groups excluding carboxylic acids is 1. The Bertz CT molecular complexity index is 763. The quantitative estimate of drug-likeness (QED) is 0.591. The number of nitrogens with one attached hydrogen (secondary N) is 2. The SMILES string of the molecule is CN=C(NCC(=O)N1CCN(c2ccccc2)CC1)NCc1ccnn1C. The Morgan fingerprint density at radius 2 is 1.85 bits per heavy atom. The summed E-state index contributed by atoms with van der Waals surface area (Å²) in [6.45, 7) is 4.00. The summed E-state index contributed by atoms with van der Waals surface area (Å²) in [6.07, 6.45) is 1.76. The molecule has 2 heterocycles. The van der Waals surface area contributed by atoms with E-state index in [4.69, 9.17) is 0 Å². The van der Waals surface area contributed by atoms with Crippen molar-refractivity contribution in [3.8, 4) is 0 Å². The molecule has 27 heavy (non-hydrogen) atoms. The van der Waals surface area contributed by atoms with E-state index in [0.29, 0.717) is 12.5 Å². The third-order valence-corrected chi connectivity index (χ3v) is 4.74. The number of nitrogens with zero attached hydrogens (tertiary/aromatic N) is 5. The van der Waals surface area contributed by atoms with Gasteiger partial charge in [0.1, 0.15) is 0 Å². The van der Waals surface area contributed by atoms with E-state index in [0.717, 1.165) is 31.9 Å². The fourth-order valence-corrected chi connectivity index (χ4v) is 3.09. The van der Waals surface area contributed by atoms with Crippen LogP contribution in [0.1, 0.15) is 5.69 Å². The third-order valence-electron chi connectivity index (χ3n) is 4.74. The molecular weight excluding hydrogens is 342 g/mol. The first-order chi connectivity index (χ1) is 13.2. The first-order valence-corrected chi connectivity index (χ1v) is 9.16. The van der Waals surface area contributed by atoms with Crippen molar-refractivity contribution < 1.29 is 4.79 Å². The predicted octanol–water partition coefficient (Wildman–Crippen LogP) is 0.434. The summed E-state index contributed by atoms with van der Waals surface area (Å²) < 4.78 is 1.80. The normalized spacial score (nSPS) is 15.0. The van der Waals surface area contributed by atoms with Crippen LogP contribution in [0.25, 0.3) is 0 Å². The van der Waals surface area contributed by atoms with Gasteiger partial charge < -0.3 is 20.4 Å². The molecule has 0 bridgehead atoms. The van der Waals surface area contributed by atoms with Gasteiger partial charge in [-0.1, -0.05) is 18.2 Å². The Hall–Kier alpha value is -3.03. The van der Waals surface area contributed by atoms with E-state index in [1.165, 1.54) is 5.69 Å². The van der Waals surface area contributed by atoms with Crippen LogP contribution in [0.2, 0.25) is 0 Å². The molecule has 3 rings (SSSR count). The van der Waals surface area contributed by atoms with E-state index in [1.807, 2.05) is 36.2 Å². The molecule has 144 valence electrons. The number of piperazine rings is 1. The molecule has 0 unspecified atom stereocenters. The van der Waals surface area contributed by atoms with Crippen molar-refractivity contribution in [3.05, 3.63) is 48.3 Å². The second kappa shape index (κ2) is 9.07. The van der Waals surface area contributed by atoms with Crippen LogP contribution >= 0.6 is 0 Å². The molecule has 0 spiro atoms. The Morgan fingerprint density at radius 1 is 1.11 bits per heavy atom. The smallest absolute Gasteiger partial charge is 0.242 e. The van der Waals surface area contributed by atoms with Crippen LogP contribution in [0.3, 0.4) is 0 Å². The van der Waals surface area contributed by atoms with Gasteiger partial charge in [0.15, 0.2) is 5.96 Å². The Balaban J connectivity index is 1.42. The molecule has 0 aliphatic carbocycles. The topological polar surface area (TPSA) is 77.8 Å². The maximum absolute atomic E-state index is 12.5. The molecule has 8 nitrogen and oxygen atoms in total. The number of aliphatic imine (C=N–C) groups is 1. The number of benzene rings is 1. The number of aryl methyl sites for hydroxylation is 1. The second-order valence-corrected chi connectivity index (χ2v) is 6.43. The molecule has 1 aliphatic rings. The summed E-state index contributed by atoms with van der Waals surface area (Å²) >= 11 is 0. The zero-order valence-electron chi connectivity index (χ0n) is 15.9. The van der Waals surface area contributed by atoms with Crippen molar-refractivity contribution in [2.24, 2.45) is 12.0 Å². The average Bonchev–Trinajstić information content (AvgIpc) is 3.13. The number of anilines is 1. The van der Waals surface area contributed by atoms with E-state index in [2.05, 4.69) is 37.8 Å². The monoisotopic (exact) mass is 369 g/mol. The second-order valence-electron chi connectivity index (χ2n) is 6.43. The summed E-state index contributed by atoms with van der Waals surface area (Å²) in [7, 11) is 3.59. The average molecular weight is 369 g/mol. The summed E-state index contributed by atoms with van der Waals surface area (Å²) in [6, 6.07) is 12.3. The predicted molar refractivity (Wildman–Crippen MR) is 107 cm³/mol. The minimum absolute atomic E-state index is 0.0891. The van der Waals surface area contributed by atoms with Gasteiger partial charge in [0.2, 0.25) is 5.91 Å². The van der Waals surface area contributed by atoms with E-state index in [1.54, 1.807) is 17.9 Å². The fourth-order valence-electron chi connectivity index (χ4n) is 3.09. The standard InChI is InChI=1S/C19H27N7O/c1-20-19(21-14-17-8-9-23-24(17)2)22-15-18(27)26-12-10-25(11-13-26)16-6-4-3-5-7-16/h3-9H,10-15H2,1-2H3,(H2,20,21,22). The number of rotatable bonds is 5. The number of aromatic nitrogens is 2. The highest BCUT2D eigenvalue weighted by Gasteiger charge is 2.21. The van der Waals surface area contributed by atoms with Crippen molar-refractivity contribution in [1.29, 1.82) is 0 Å².